The highest BCUT2D eigenvalue weighted by molar-refractivity contribution is 7.89. The van der Waals surface area contributed by atoms with Crippen molar-refractivity contribution in [3.63, 3.8) is 0 Å². The van der Waals surface area contributed by atoms with Gasteiger partial charge in [0.1, 0.15) is 0 Å². The normalized spacial score (nSPS) is 12.5. The van der Waals surface area contributed by atoms with Crippen LogP contribution in [0.4, 0.5) is 0 Å². The quantitative estimate of drug-likeness (QED) is 0.728. The number of hydrogen-bond acceptors (Lipinski definition) is 4. The molecule has 0 saturated heterocycles. The molecular weight excluding hydrogens is 300 g/mol. The zero-order valence-electron chi connectivity index (χ0n) is 11.6. The SMILES string of the molecule is CCNS(=O)(=O)c1ccc(CCNS(=O)(=O)CC)cc1. The van der Waals surface area contributed by atoms with Crippen molar-refractivity contribution in [2.75, 3.05) is 18.8 Å². The van der Waals surface area contributed by atoms with Gasteiger partial charge in [-0.2, -0.15) is 0 Å². The minimum absolute atomic E-state index is 0.0485. The standard InChI is InChI=1S/C12H20N2O4S2/c1-3-13-20(17,18)12-7-5-11(6-8-12)9-10-14-19(15,16)4-2/h5-8,13-14H,3-4,9-10H2,1-2H3. The molecule has 0 saturated carbocycles. The summed E-state index contributed by atoms with van der Waals surface area (Å²) in [4.78, 5) is 0.206. The summed E-state index contributed by atoms with van der Waals surface area (Å²) < 4.78 is 50.8. The van der Waals surface area contributed by atoms with Crippen LogP contribution in [0.15, 0.2) is 29.2 Å². The van der Waals surface area contributed by atoms with Crippen LogP contribution in [0, 0.1) is 0 Å². The number of benzene rings is 1. The van der Waals surface area contributed by atoms with Crippen molar-refractivity contribution in [3.8, 4) is 0 Å². The molecule has 0 spiro atoms. The molecule has 6 nitrogen and oxygen atoms in total. The highest BCUT2D eigenvalue weighted by Crippen LogP contribution is 2.10. The monoisotopic (exact) mass is 320 g/mol. The van der Waals surface area contributed by atoms with Gasteiger partial charge in [0.15, 0.2) is 0 Å². The lowest BCUT2D eigenvalue weighted by molar-refractivity contribution is 0.582. The molecular formula is C12H20N2O4S2. The lowest BCUT2D eigenvalue weighted by Gasteiger charge is -2.07. The summed E-state index contributed by atoms with van der Waals surface area (Å²) in [6.07, 6.45) is 0.515. The Morgan fingerprint density at radius 2 is 1.55 bits per heavy atom. The maximum atomic E-state index is 11.7. The van der Waals surface area contributed by atoms with Gasteiger partial charge in [-0.3, -0.25) is 0 Å². The Labute approximate surface area is 120 Å². The lowest BCUT2D eigenvalue weighted by atomic mass is 10.2. The topological polar surface area (TPSA) is 92.3 Å². The van der Waals surface area contributed by atoms with E-state index in [9.17, 15) is 16.8 Å². The van der Waals surface area contributed by atoms with E-state index < -0.39 is 20.0 Å². The van der Waals surface area contributed by atoms with E-state index in [0.717, 1.165) is 5.56 Å². The Hall–Kier alpha value is -0.960. The van der Waals surface area contributed by atoms with E-state index in [2.05, 4.69) is 9.44 Å². The molecule has 0 aliphatic heterocycles. The van der Waals surface area contributed by atoms with Gasteiger partial charge in [0.2, 0.25) is 20.0 Å². The van der Waals surface area contributed by atoms with Crippen LogP contribution in [-0.2, 0) is 26.5 Å². The number of hydrogen-bond donors (Lipinski definition) is 2. The van der Waals surface area contributed by atoms with Gasteiger partial charge in [0, 0.05) is 13.1 Å². The number of rotatable bonds is 8. The molecule has 0 aromatic heterocycles. The molecule has 0 aliphatic carbocycles. The Balaban J connectivity index is 2.64. The molecule has 0 fully saturated rings. The summed E-state index contributed by atoms with van der Waals surface area (Å²) in [6.45, 7) is 3.92. The second-order valence-electron chi connectivity index (χ2n) is 4.19. The molecule has 0 atom stereocenters. The summed E-state index contributed by atoms with van der Waals surface area (Å²) in [7, 11) is -6.62. The van der Waals surface area contributed by atoms with E-state index in [1.54, 1.807) is 26.0 Å². The van der Waals surface area contributed by atoms with Gasteiger partial charge in [-0.05, 0) is 31.0 Å². The highest BCUT2D eigenvalue weighted by Gasteiger charge is 2.12. The average molecular weight is 320 g/mol. The molecule has 0 heterocycles. The van der Waals surface area contributed by atoms with Crippen molar-refractivity contribution in [2.45, 2.75) is 25.2 Å². The van der Waals surface area contributed by atoms with Gasteiger partial charge in [-0.15, -0.1) is 0 Å². The van der Waals surface area contributed by atoms with Crippen molar-refractivity contribution in [1.29, 1.82) is 0 Å². The largest absolute Gasteiger partial charge is 0.240 e. The maximum absolute atomic E-state index is 11.7. The fourth-order valence-corrected chi connectivity index (χ4v) is 3.22. The van der Waals surface area contributed by atoms with Gasteiger partial charge in [0.05, 0.1) is 10.6 Å². The van der Waals surface area contributed by atoms with Crippen LogP contribution >= 0.6 is 0 Å². The number of sulfonamides is 2. The van der Waals surface area contributed by atoms with Gasteiger partial charge in [0.25, 0.3) is 0 Å². The summed E-state index contributed by atoms with van der Waals surface area (Å²) >= 11 is 0. The molecule has 114 valence electrons. The third-order valence-corrected chi connectivity index (χ3v) is 5.65. The molecule has 0 aliphatic rings. The maximum Gasteiger partial charge on any atom is 0.240 e. The van der Waals surface area contributed by atoms with E-state index >= 15 is 0 Å². The third kappa shape index (κ3) is 5.20. The second kappa shape index (κ2) is 7.16. The van der Waals surface area contributed by atoms with Gasteiger partial charge in [-0.25, -0.2) is 26.3 Å². The zero-order chi connectivity index (χ0) is 15.2. The minimum Gasteiger partial charge on any atom is -0.215 e. The van der Waals surface area contributed by atoms with E-state index in [1.807, 2.05) is 0 Å². The second-order valence-corrected chi connectivity index (χ2v) is 8.06. The first-order valence-electron chi connectivity index (χ1n) is 6.36. The predicted molar refractivity (Wildman–Crippen MR) is 78.5 cm³/mol. The Kier molecular flexibility index (Phi) is 6.12. The summed E-state index contributed by atoms with van der Waals surface area (Å²) in [5.74, 6) is 0.0485. The fraction of sp³-hybridized carbons (Fsp3) is 0.500. The molecule has 8 heteroatoms. The van der Waals surface area contributed by atoms with Gasteiger partial charge >= 0.3 is 0 Å². The molecule has 0 bridgehead atoms. The Bertz CT molecular complexity index is 622. The zero-order valence-corrected chi connectivity index (χ0v) is 13.2. The lowest BCUT2D eigenvalue weighted by Crippen LogP contribution is -2.27. The molecule has 1 rings (SSSR count). The van der Waals surface area contributed by atoms with Crippen LogP contribution in [0.5, 0.6) is 0 Å². The van der Waals surface area contributed by atoms with Crippen LogP contribution in [-0.4, -0.2) is 35.7 Å². The summed E-state index contributed by atoms with van der Waals surface area (Å²) in [6, 6.07) is 6.40. The smallest absolute Gasteiger partial charge is 0.215 e. The fourth-order valence-electron chi connectivity index (χ4n) is 1.56. The Morgan fingerprint density at radius 3 is 2.05 bits per heavy atom. The van der Waals surface area contributed by atoms with Gasteiger partial charge < -0.3 is 0 Å². The van der Waals surface area contributed by atoms with Gasteiger partial charge in [-0.1, -0.05) is 19.1 Å². The van der Waals surface area contributed by atoms with E-state index in [0.29, 0.717) is 19.5 Å². The highest BCUT2D eigenvalue weighted by atomic mass is 32.2. The minimum atomic E-state index is -3.44. The first-order chi connectivity index (χ1) is 9.30. The third-order valence-electron chi connectivity index (χ3n) is 2.68. The molecule has 0 radical (unpaired) electrons. The number of nitrogens with one attached hydrogen (secondary N) is 2. The Morgan fingerprint density at radius 1 is 0.950 bits per heavy atom. The first kappa shape index (κ1) is 17.1. The first-order valence-corrected chi connectivity index (χ1v) is 9.50. The van der Waals surface area contributed by atoms with Crippen molar-refractivity contribution in [1.82, 2.24) is 9.44 Å². The summed E-state index contributed by atoms with van der Waals surface area (Å²) in [5.41, 5.74) is 0.874. The summed E-state index contributed by atoms with van der Waals surface area (Å²) in [5, 5.41) is 0. The van der Waals surface area contributed by atoms with Crippen molar-refractivity contribution in [2.24, 2.45) is 0 Å². The van der Waals surface area contributed by atoms with Crippen LogP contribution in [0.2, 0.25) is 0 Å². The predicted octanol–water partition coefficient (Wildman–Crippen LogP) is 0.467. The molecule has 1 aromatic carbocycles. The molecule has 0 unspecified atom stereocenters. The van der Waals surface area contributed by atoms with E-state index in [1.165, 1.54) is 12.1 Å². The molecule has 1 aromatic rings. The van der Waals surface area contributed by atoms with Crippen LogP contribution in [0.25, 0.3) is 0 Å². The average Bonchev–Trinajstić information content (AvgIpc) is 2.39. The van der Waals surface area contributed by atoms with E-state index in [4.69, 9.17) is 0 Å². The van der Waals surface area contributed by atoms with Crippen molar-refractivity contribution < 1.29 is 16.8 Å². The molecule has 2 N–H and O–H groups in total. The van der Waals surface area contributed by atoms with Crippen LogP contribution in [0.1, 0.15) is 19.4 Å². The molecule has 0 amide bonds. The molecule has 20 heavy (non-hydrogen) atoms. The van der Waals surface area contributed by atoms with Crippen molar-refractivity contribution in [3.05, 3.63) is 29.8 Å². The van der Waals surface area contributed by atoms with Crippen LogP contribution < -0.4 is 9.44 Å². The van der Waals surface area contributed by atoms with Crippen molar-refractivity contribution >= 4 is 20.0 Å². The van der Waals surface area contributed by atoms with Crippen LogP contribution in [0.3, 0.4) is 0 Å². The van der Waals surface area contributed by atoms with E-state index in [-0.39, 0.29) is 10.6 Å².